The summed E-state index contributed by atoms with van der Waals surface area (Å²) in [5, 5.41) is 20.0. The molecular formula is C15H17F3N2O4S. The molecule has 0 bridgehead atoms. The van der Waals surface area contributed by atoms with Crippen molar-refractivity contribution >= 4 is 21.4 Å². The number of anilines is 1. The highest BCUT2D eigenvalue weighted by molar-refractivity contribution is 7.92. The quantitative estimate of drug-likeness (QED) is 0.816. The van der Waals surface area contributed by atoms with E-state index in [0.29, 0.717) is 6.07 Å². The van der Waals surface area contributed by atoms with E-state index in [0.717, 1.165) is 19.1 Å². The fourth-order valence-electron chi connectivity index (χ4n) is 1.84. The fourth-order valence-corrected chi connectivity index (χ4v) is 3.09. The van der Waals surface area contributed by atoms with Crippen LogP contribution in [0.25, 0.3) is 0 Å². The van der Waals surface area contributed by atoms with Gasteiger partial charge >= 0.3 is 6.18 Å². The first-order valence-electron chi connectivity index (χ1n) is 7.07. The number of rotatable bonds is 5. The monoisotopic (exact) mass is 378 g/mol. The molecule has 0 heterocycles. The predicted octanol–water partition coefficient (Wildman–Crippen LogP) is 2.09. The molecule has 1 atom stereocenters. The lowest BCUT2D eigenvalue weighted by molar-refractivity contribution is -0.137. The number of sulfone groups is 1. The van der Waals surface area contributed by atoms with Gasteiger partial charge in [-0.2, -0.15) is 18.4 Å². The Morgan fingerprint density at radius 1 is 1.36 bits per heavy atom. The average molecular weight is 378 g/mol. The number of nitriles is 1. The van der Waals surface area contributed by atoms with Crippen molar-refractivity contribution in [1.29, 1.82) is 5.26 Å². The molecule has 0 aliphatic heterocycles. The summed E-state index contributed by atoms with van der Waals surface area (Å²) in [6.45, 7) is 3.70. The minimum absolute atomic E-state index is 0.321. The Kier molecular flexibility index (Phi) is 5.87. The van der Waals surface area contributed by atoms with Crippen LogP contribution in [0.3, 0.4) is 0 Å². The Labute approximate surface area is 143 Å². The van der Waals surface area contributed by atoms with Gasteiger partial charge in [0.1, 0.15) is 0 Å². The van der Waals surface area contributed by atoms with Crippen molar-refractivity contribution in [3.05, 3.63) is 29.3 Å². The highest BCUT2D eigenvalue weighted by Crippen LogP contribution is 2.33. The summed E-state index contributed by atoms with van der Waals surface area (Å²) in [7, 11) is -3.77. The molecule has 6 nitrogen and oxygen atoms in total. The van der Waals surface area contributed by atoms with E-state index >= 15 is 0 Å². The molecule has 0 unspecified atom stereocenters. The zero-order valence-electron chi connectivity index (χ0n) is 13.7. The molecule has 0 aromatic heterocycles. The van der Waals surface area contributed by atoms with Crippen molar-refractivity contribution in [3.8, 4) is 6.07 Å². The van der Waals surface area contributed by atoms with E-state index in [2.05, 4.69) is 0 Å². The van der Waals surface area contributed by atoms with Gasteiger partial charge in [0, 0.05) is 5.69 Å². The Bertz CT molecular complexity index is 809. The normalized spacial score (nSPS) is 14.7. The summed E-state index contributed by atoms with van der Waals surface area (Å²) in [4.78, 5) is 12.1. The van der Waals surface area contributed by atoms with Crippen LogP contribution < -0.4 is 5.32 Å². The van der Waals surface area contributed by atoms with Crippen LogP contribution in [-0.4, -0.2) is 36.0 Å². The summed E-state index contributed by atoms with van der Waals surface area (Å²) in [6.07, 6.45) is -4.81. The molecule has 25 heavy (non-hydrogen) atoms. The van der Waals surface area contributed by atoms with E-state index in [1.807, 2.05) is 5.32 Å². The number of carbonyl (C=O) groups excluding carboxylic acids is 1. The van der Waals surface area contributed by atoms with Gasteiger partial charge in [0.15, 0.2) is 15.4 Å². The van der Waals surface area contributed by atoms with Gasteiger partial charge in [-0.15, -0.1) is 0 Å². The van der Waals surface area contributed by atoms with Crippen molar-refractivity contribution in [1.82, 2.24) is 0 Å². The number of carbonyl (C=O) groups is 1. The minimum atomic E-state index is -4.81. The summed E-state index contributed by atoms with van der Waals surface area (Å²) in [5.41, 5.74) is -4.53. The number of benzene rings is 1. The van der Waals surface area contributed by atoms with Crippen LogP contribution in [-0.2, 0) is 20.8 Å². The number of nitrogens with zero attached hydrogens (tertiary/aromatic N) is 1. The maximum atomic E-state index is 12.9. The van der Waals surface area contributed by atoms with Crippen molar-refractivity contribution in [2.75, 3.05) is 11.1 Å². The smallest absolute Gasteiger partial charge is 0.379 e. The van der Waals surface area contributed by atoms with E-state index in [1.54, 1.807) is 0 Å². The molecule has 1 amide bonds. The van der Waals surface area contributed by atoms with E-state index < -0.39 is 49.7 Å². The third-order valence-electron chi connectivity index (χ3n) is 3.39. The molecule has 1 aromatic rings. The fraction of sp³-hybridized carbons (Fsp3) is 0.467. The van der Waals surface area contributed by atoms with E-state index in [4.69, 9.17) is 5.26 Å². The number of hydrogen-bond acceptors (Lipinski definition) is 5. The van der Waals surface area contributed by atoms with Crippen LogP contribution in [0.4, 0.5) is 18.9 Å². The molecule has 138 valence electrons. The van der Waals surface area contributed by atoms with Crippen LogP contribution in [0.5, 0.6) is 0 Å². The van der Waals surface area contributed by atoms with Gasteiger partial charge in [-0.3, -0.25) is 4.79 Å². The topological polar surface area (TPSA) is 107 Å². The summed E-state index contributed by atoms with van der Waals surface area (Å²) in [6, 6.07) is 3.87. The summed E-state index contributed by atoms with van der Waals surface area (Å²) >= 11 is 0. The maximum Gasteiger partial charge on any atom is 0.417 e. The molecule has 0 fully saturated rings. The lowest BCUT2D eigenvalue weighted by atomic mass is 10.1. The van der Waals surface area contributed by atoms with Crippen molar-refractivity contribution in [3.63, 3.8) is 0 Å². The summed E-state index contributed by atoms with van der Waals surface area (Å²) in [5.74, 6) is -2.05. The second kappa shape index (κ2) is 7.01. The summed E-state index contributed by atoms with van der Waals surface area (Å²) < 4.78 is 62.4. The van der Waals surface area contributed by atoms with Crippen LogP contribution in [0, 0.1) is 11.3 Å². The SMILES string of the molecule is CC(C)S(=O)(=O)C[C@@](C)(O)C(=O)Nc1ccc(C#N)c(C(F)(F)F)c1. The standard InChI is InChI=1S/C15H17F3N2O4S/c1-9(2)25(23,24)8-14(3,22)13(21)20-11-5-4-10(7-19)12(6-11)15(16,17)18/h4-6,9,22H,8H2,1-3H3,(H,20,21)/t14-/m1/s1. The van der Waals surface area contributed by atoms with Gasteiger partial charge in [-0.1, -0.05) is 0 Å². The largest absolute Gasteiger partial charge is 0.417 e. The van der Waals surface area contributed by atoms with Gasteiger partial charge in [0.2, 0.25) is 0 Å². The van der Waals surface area contributed by atoms with Crippen molar-refractivity contribution < 1.29 is 31.5 Å². The number of halogens is 3. The lowest BCUT2D eigenvalue weighted by Gasteiger charge is -2.23. The molecule has 10 heteroatoms. The van der Waals surface area contributed by atoms with Crippen LogP contribution in [0.15, 0.2) is 18.2 Å². The molecule has 0 aliphatic rings. The molecule has 0 saturated heterocycles. The number of nitrogens with one attached hydrogen (secondary N) is 1. The van der Waals surface area contributed by atoms with Gasteiger partial charge in [0.25, 0.3) is 5.91 Å². The highest BCUT2D eigenvalue weighted by Gasteiger charge is 2.38. The van der Waals surface area contributed by atoms with Crippen molar-refractivity contribution in [2.45, 2.75) is 37.8 Å². The van der Waals surface area contributed by atoms with Gasteiger partial charge in [-0.25, -0.2) is 8.42 Å². The van der Waals surface area contributed by atoms with Gasteiger partial charge in [-0.05, 0) is 39.0 Å². The first-order chi connectivity index (χ1) is 11.2. The zero-order valence-corrected chi connectivity index (χ0v) is 14.5. The van der Waals surface area contributed by atoms with Gasteiger partial charge < -0.3 is 10.4 Å². The average Bonchev–Trinajstić information content (AvgIpc) is 2.45. The molecule has 0 saturated carbocycles. The van der Waals surface area contributed by atoms with Gasteiger partial charge in [0.05, 0.1) is 28.2 Å². The second-order valence-corrected chi connectivity index (χ2v) is 8.51. The number of alkyl halides is 3. The number of hydrogen-bond donors (Lipinski definition) is 2. The first-order valence-corrected chi connectivity index (χ1v) is 8.79. The van der Waals surface area contributed by atoms with E-state index in [-0.39, 0.29) is 5.69 Å². The van der Waals surface area contributed by atoms with Crippen LogP contribution in [0.1, 0.15) is 31.9 Å². The lowest BCUT2D eigenvalue weighted by Crippen LogP contribution is -2.47. The number of amides is 1. The molecule has 0 spiro atoms. The Balaban J connectivity index is 3.10. The van der Waals surface area contributed by atoms with E-state index in [1.165, 1.54) is 19.9 Å². The minimum Gasteiger partial charge on any atom is -0.379 e. The Morgan fingerprint density at radius 3 is 2.36 bits per heavy atom. The van der Waals surface area contributed by atoms with Crippen molar-refractivity contribution in [2.24, 2.45) is 0 Å². The molecule has 1 aromatic carbocycles. The predicted molar refractivity (Wildman–Crippen MR) is 84.3 cm³/mol. The molecule has 2 N–H and O–H groups in total. The molecule has 0 aliphatic carbocycles. The molecule has 0 radical (unpaired) electrons. The maximum absolute atomic E-state index is 12.9. The molecule has 1 rings (SSSR count). The Morgan fingerprint density at radius 2 is 1.92 bits per heavy atom. The second-order valence-electron chi connectivity index (χ2n) is 5.95. The zero-order chi connectivity index (χ0) is 19.6. The first kappa shape index (κ1) is 20.9. The Hall–Kier alpha value is -2.12. The third-order valence-corrected chi connectivity index (χ3v) is 5.79. The molecular weight excluding hydrogens is 361 g/mol. The van der Waals surface area contributed by atoms with E-state index in [9.17, 15) is 31.5 Å². The van der Waals surface area contributed by atoms with Crippen LogP contribution in [0.2, 0.25) is 0 Å². The van der Waals surface area contributed by atoms with Crippen LogP contribution >= 0.6 is 0 Å². The highest BCUT2D eigenvalue weighted by atomic mass is 32.2. The number of aliphatic hydroxyl groups is 1. The third kappa shape index (κ3) is 5.17.